The van der Waals surface area contributed by atoms with Gasteiger partial charge in [0.15, 0.2) is 0 Å². The molecule has 5 heteroatoms. The Hall–Kier alpha value is -1.20. The van der Waals surface area contributed by atoms with Crippen LogP contribution in [0.5, 0.6) is 0 Å². The van der Waals surface area contributed by atoms with Gasteiger partial charge >= 0.3 is 0 Å². The summed E-state index contributed by atoms with van der Waals surface area (Å²) >= 11 is 0. The molecule has 0 fully saturated rings. The van der Waals surface area contributed by atoms with Gasteiger partial charge in [-0.05, 0) is 12.5 Å². The van der Waals surface area contributed by atoms with Crippen molar-refractivity contribution in [1.29, 1.82) is 0 Å². The van der Waals surface area contributed by atoms with E-state index in [4.69, 9.17) is 5.73 Å². The number of carbonyl (C=O) groups is 1. The molecule has 1 aromatic rings. The van der Waals surface area contributed by atoms with Crippen LogP contribution in [0.15, 0.2) is 30.3 Å². The fraction of sp³-hybridized carbons (Fsp3) is 0.500. The van der Waals surface area contributed by atoms with Crippen molar-refractivity contribution in [3.8, 4) is 0 Å². The van der Waals surface area contributed by atoms with Gasteiger partial charge in [0, 0.05) is 40.8 Å². The van der Waals surface area contributed by atoms with E-state index < -0.39 is 10.8 Å². The van der Waals surface area contributed by atoms with Crippen molar-refractivity contribution in [3.05, 3.63) is 35.9 Å². The summed E-state index contributed by atoms with van der Waals surface area (Å²) in [5, 5.41) is 2.77. The molecule has 19 heavy (non-hydrogen) atoms. The Kier molecular flexibility index (Phi) is 6.73. The summed E-state index contributed by atoms with van der Waals surface area (Å²) in [5.41, 5.74) is 6.70. The molecule has 0 spiro atoms. The molecular formula is C14H22N2O2S. The van der Waals surface area contributed by atoms with Crippen molar-refractivity contribution in [3.63, 3.8) is 0 Å². The molecule has 0 saturated heterocycles. The van der Waals surface area contributed by atoms with Crippen LogP contribution in [-0.4, -0.2) is 28.5 Å². The Morgan fingerprint density at radius 2 is 1.95 bits per heavy atom. The van der Waals surface area contributed by atoms with E-state index in [0.29, 0.717) is 18.1 Å². The standard InChI is InChI=1S/C14H22N2O2S/c1-11(12(2)15)14(17)16-8-9-19(18)10-13-6-4-3-5-7-13/h3-7,11-12H,8-10,15H2,1-2H3,(H,16,17). The summed E-state index contributed by atoms with van der Waals surface area (Å²) in [6.07, 6.45) is 0. The van der Waals surface area contributed by atoms with E-state index in [1.165, 1.54) is 0 Å². The lowest BCUT2D eigenvalue weighted by Gasteiger charge is -2.15. The molecule has 1 aromatic carbocycles. The summed E-state index contributed by atoms with van der Waals surface area (Å²) in [7, 11) is -0.957. The second-order valence-electron chi connectivity index (χ2n) is 4.71. The Bertz CT molecular complexity index is 421. The third kappa shape index (κ3) is 5.98. The van der Waals surface area contributed by atoms with Crippen LogP contribution in [0.1, 0.15) is 19.4 Å². The van der Waals surface area contributed by atoms with Crippen LogP contribution in [0.4, 0.5) is 0 Å². The predicted octanol–water partition coefficient (Wildman–Crippen LogP) is 1.03. The maximum absolute atomic E-state index is 11.8. The summed E-state index contributed by atoms with van der Waals surface area (Å²) in [4.78, 5) is 11.6. The SMILES string of the molecule is CC(N)C(C)C(=O)NCCS(=O)Cc1ccccc1. The van der Waals surface area contributed by atoms with Crippen molar-refractivity contribution in [2.45, 2.75) is 25.6 Å². The Morgan fingerprint density at radius 1 is 1.32 bits per heavy atom. The highest BCUT2D eigenvalue weighted by atomic mass is 32.2. The highest BCUT2D eigenvalue weighted by Gasteiger charge is 2.16. The fourth-order valence-corrected chi connectivity index (χ4v) is 2.56. The number of amides is 1. The topological polar surface area (TPSA) is 72.2 Å². The third-order valence-corrected chi connectivity index (χ3v) is 4.32. The predicted molar refractivity (Wildman–Crippen MR) is 79.0 cm³/mol. The van der Waals surface area contributed by atoms with Crippen LogP contribution in [0, 0.1) is 5.92 Å². The van der Waals surface area contributed by atoms with Crippen molar-refractivity contribution in [2.75, 3.05) is 12.3 Å². The zero-order chi connectivity index (χ0) is 14.3. The van der Waals surface area contributed by atoms with Gasteiger partial charge in [0.1, 0.15) is 0 Å². The molecular weight excluding hydrogens is 260 g/mol. The largest absolute Gasteiger partial charge is 0.355 e. The van der Waals surface area contributed by atoms with E-state index in [2.05, 4.69) is 5.32 Å². The Morgan fingerprint density at radius 3 is 2.53 bits per heavy atom. The fourth-order valence-electron chi connectivity index (χ4n) is 1.52. The zero-order valence-corrected chi connectivity index (χ0v) is 12.3. The van der Waals surface area contributed by atoms with E-state index in [9.17, 15) is 9.00 Å². The van der Waals surface area contributed by atoms with E-state index in [0.717, 1.165) is 5.56 Å². The molecule has 3 atom stereocenters. The molecule has 0 saturated carbocycles. The van der Waals surface area contributed by atoms with Crippen LogP contribution in [0.2, 0.25) is 0 Å². The van der Waals surface area contributed by atoms with Crippen molar-refractivity contribution in [2.24, 2.45) is 11.7 Å². The molecule has 0 aliphatic heterocycles. The minimum Gasteiger partial charge on any atom is -0.355 e. The van der Waals surface area contributed by atoms with Crippen molar-refractivity contribution in [1.82, 2.24) is 5.32 Å². The first-order valence-corrected chi connectivity index (χ1v) is 7.91. The van der Waals surface area contributed by atoms with Crippen molar-refractivity contribution >= 4 is 16.7 Å². The average molecular weight is 282 g/mol. The van der Waals surface area contributed by atoms with Crippen LogP contribution in [0.3, 0.4) is 0 Å². The molecule has 1 amide bonds. The third-order valence-electron chi connectivity index (χ3n) is 3.00. The normalized spacial score (nSPS) is 15.5. The highest BCUT2D eigenvalue weighted by Crippen LogP contribution is 2.03. The monoisotopic (exact) mass is 282 g/mol. The van der Waals surface area contributed by atoms with Crippen LogP contribution < -0.4 is 11.1 Å². The molecule has 0 aromatic heterocycles. The number of nitrogens with one attached hydrogen (secondary N) is 1. The molecule has 0 radical (unpaired) electrons. The van der Waals surface area contributed by atoms with Crippen LogP contribution in [0.25, 0.3) is 0 Å². The summed E-state index contributed by atoms with van der Waals surface area (Å²) < 4.78 is 11.8. The number of benzene rings is 1. The van der Waals surface area contributed by atoms with Gasteiger partial charge in [-0.25, -0.2) is 0 Å². The van der Waals surface area contributed by atoms with Gasteiger partial charge in [0.2, 0.25) is 5.91 Å². The maximum Gasteiger partial charge on any atom is 0.224 e. The van der Waals surface area contributed by atoms with Gasteiger partial charge < -0.3 is 11.1 Å². The van der Waals surface area contributed by atoms with Crippen LogP contribution >= 0.6 is 0 Å². The number of hydrogen-bond acceptors (Lipinski definition) is 3. The average Bonchev–Trinajstić information content (AvgIpc) is 2.38. The molecule has 0 aliphatic rings. The second-order valence-corrected chi connectivity index (χ2v) is 6.29. The lowest BCUT2D eigenvalue weighted by atomic mass is 10.0. The Labute approximate surface area is 117 Å². The number of nitrogens with two attached hydrogens (primary N) is 1. The molecule has 0 heterocycles. The van der Waals surface area contributed by atoms with Gasteiger partial charge in [-0.15, -0.1) is 0 Å². The molecule has 106 valence electrons. The molecule has 3 N–H and O–H groups in total. The van der Waals surface area contributed by atoms with Crippen molar-refractivity contribution < 1.29 is 9.00 Å². The van der Waals surface area contributed by atoms with E-state index in [1.54, 1.807) is 13.8 Å². The van der Waals surface area contributed by atoms with E-state index >= 15 is 0 Å². The first kappa shape index (κ1) is 15.9. The smallest absolute Gasteiger partial charge is 0.224 e. The number of rotatable bonds is 7. The summed E-state index contributed by atoms with van der Waals surface area (Å²) in [6, 6.07) is 9.53. The summed E-state index contributed by atoms with van der Waals surface area (Å²) in [6.45, 7) is 4.02. The lowest BCUT2D eigenvalue weighted by Crippen LogP contribution is -2.39. The second kappa shape index (κ2) is 8.07. The van der Waals surface area contributed by atoms with Crippen LogP contribution in [-0.2, 0) is 21.3 Å². The van der Waals surface area contributed by atoms with Gasteiger partial charge in [0.25, 0.3) is 0 Å². The molecule has 1 rings (SSSR count). The first-order valence-electron chi connectivity index (χ1n) is 6.43. The van der Waals surface area contributed by atoms with Gasteiger partial charge in [-0.3, -0.25) is 9.00 Å². The van der Waals surface area contributed by atoms with Gasteiger partial charge in [-0.2, -0.15) is 0 Å². The first-order chi connectivity index (χ1) is 9.00. The molecule has 0 aliphatic carbocycles. The molecule has 4 nitrogen and oxygen atoms in total. The molecule has 3 unspecified atom stereocenters. The highest BCUT2D eigenvalue weighted by molar-refractivity contribution is 7.84. The number of carbonyl (C=O) groups excluding carboxylic acids is 1. The Balaban J connectivity index is 2.26. The van der Waals surface area contributed by atoms with Gasteiger partial charge in [0.05, 0.1) is 0 Å². The number of hydrogen-bond donors (Lipinski definition) is 2. The van der Waals surface area contributed by atoms with Gasteiger partial charge in [-0.1, -0.05) is 37.3 Å². The molecule has 0 bridgehead atoms. The zero-order valence-electron chi connectivity index (χ0n) is 11.5. The minimum absolute atomic E-state index is 0.0771. The quantitative estimate of drug-likeness (QED) is 0.785. The van der Waals surface area contributed by atoms with E-state index in [-0.39, 0.29) is 17.9 Å². The lowest BCUT2D eigenvalue weighted by molar-refractivity contribution is -0.124. The van der Waals surface area contributed by atoms with E-state index in [1.807, 2.05) is 30.3 Å². The maximum atomic E-state index is 11.8. The minimum atomic E-state index is -0.957. The summed E-state index contributed by atoms with van der Waals surface area (Å²) in [5.74, 6) is 0.695.